The van der Waals surface area contributed by atoms with Gasteiger partial charge in [-0.05, 0) is 38.8 Å². The van der Waals surface area contributed by atoms with E-state index in [4.69, 9.17) is 0 Å². The molecule has 0 aliphatic carbocycles. The lowest BCUT2D eigenvalue weighted by molar-refractivity contribution is 0.580. The molecule has 160 valence electrons. The number of anilines is 1. The van der Waals surface area contributed by atoms with Crippen LogP contribution in [-0.2, 0) is 10.0 Å². The number of halogens is 2. The van der Waals surface area contributed by atoms with E-state index in [0.29, 0.717) is 37.8 Å². The van der Waals surface area contributed by atoms with Crippen molar-refractivity contribution in [2.24, 2.45) is 4.99 Å². The van der Waals surface area contributed by atoms with E-state index in [2.05, 4.69) is 25.3 Å². The van der Waals surface area contributed by atoms with E-state index in [0.717, 1.165) is 19.5 Å². The van der Waals surface area contributed by atoms with Gasteiger partial charge < -0.3 is 15.5 Å². The number of nitrogens with zero attached hydrogens (tertiary/aromatic N) is 3. The Morgan fingerprint density at radius 1 is 1.43 bits per heavy atom. The van der Waals surface area contributed by atoms with Crippen LogP contribution in [0.1, 0.15) is 26.7 Å². The molecule has 8 nitrogen and oxygen atoms in total. The number of hydrogen-bond donors (Lipinski definition) is 3. The number of pyridine rings is 1. The zero-order valence-electron chi connectivity index (χ0n) is 16.3. The van der Waals surface area contributed by atoms with Crippen LogP contribution in [0.15, 0.2) is 23.3 Å². The molecule has 28 heavy (non-hydrogen) atoms. The molecule has 0 saturated carbocycles. The Kier molecular flexibility index (Phi) is 11.0. The Labute approximate surface area is 183 Å². The first kappa shape index (κ1) is 24.8. The maximum atomic E-state index is 13.9. The Hall–Kier alpha value is -1.21. The lowest BCUT2D eigenvalue weighted by Gasteiger charge is -2.20. The zero-order chi connectivity index (χ0) is 19.7. The summed E-state index contributed by atoms with van der Waals surface area (Å²) in [6.07, 6.45) is 3.07. The van der Waals surface area contributed by atoms with Crippen LogP contribution in [0.2, 0.25) is 0 Å². The van der Waals surface area contributed by atoms with Crippen molar-refractivity contribution in [2.75, 3.05) is 43.4 Å². The largest absolute Gasteiger partial charge is 0.357 e. The highest BCUT2D eigenvalue weighted by atomic mass is 127. The average molecular weight is 528 g/mol. The predicted octanol–water partition coefficient (Wildman–Crippen LogP) is 1.30. The van der Waals surface area contributed by atoms with Crippen LogP contribution in [0.25, 0.3) is 0 Å². The lowest BCUT2D eigenvalue weighted by atomic mass is 10.3. The zero-order valence-corrected chi connectivity index (χ0v) is 19.5. The minimum Gasteiger partial charge on any atom is -0.357 e. The monoisotopic (exact) mass is 528 g/mol. The third-order valence-corrected chi connectivity index (χ3v) is 5.62. The summed E-state index contributed by atoms with van der Waals surface area (Å²) in [5.41, 5.74) is 0. The van der Waals surface area contributed by atoms with Gasteiger partial charge in [0, 0.05) is 45.0 Å². The van der Waals surface area contributed by atoms with E-state index in [9.17, 15) is 12.8 Å². The fourth-order valence-corrected chi connectivity index (χ4v) is 3.45. The van der Waals surface area contributed by atoms with Crippen LogP contribution in [0.4, 0.5) is 10.2 Å². The summed E-state index contributed by atoms with van der Waals surface area (Å²) in [7, 11) is -3.16. The number of sulfonamides is 1. The summed E-state index contributed by atoms with van der Waals surface area (Å²) < 4.78 is 39.2. The molecule has 2 heterocycles. The summed E-state index contributed by atoms with van der Waals surface area (Å²) in [5, 5.41) is 6.55. The Morgan fingerprint density at radius 3 is 2.89 bits per heavy atom. The molecule has 0 amide bonds. The van der Waals surface area contributed by atoms with Crippen molar-refractivity contribution in [3.8, 4) is 0 Å². The van der Waals surface area contributed by atoms with Gasteiger partial charge in [-0.1, -0.05) is 0 Å². The first-order valence-electron chi connectivity index (χ1n) is 9.32. The molecule has 1 saturated heterocycles. The van der Waals surface area contributed by atoms with Gasteiger partial charge in [0.1, 0.15) is 0 Å². The van der Waals surface area contributed by atoms with E-state index in [1.165, 1.54) is 6.07 Å². The van der Waals surface area contributed by atoms with E-state index in [-0.39, 0.29) is 41.6 Å². The highest BCUT2D eigenvalue weighted by Gasteiger charge is 2.25. The molecular formula is C17H30FIN6O2S. The van der Waals surface area contributed by atoms with Crippen molar-refractivity contribution in [3.05, 3.63) is 24.1 Å². The summed E-state index contributed by atoms with van der Waals surface area (Å²) in [5.74, 6) is 0.833. The van der Waals surface area contributed by atoms with Crippen LogP contribution >= 0.6 is 24.0 Å². The van der Waals surface area contributed by atoms with Gasteiger partial charge >= 0.3 is 0 Å². The molecule has 0 radical (unpaired) electrons. The molecule has 1 unspecified atom stereocenters. The number of aliphatic imine (C=N–C) groups is 1. The van der Waals surface area contributed by atoms with Crippen molar-refractivity contribution >= 4 is 45.8 Å². The fraction of sp³-hybridized carbons (Fsp3) is 0.647. The SMILES string of the molecule is CCNC(=NCCCNS(=O)(=O)CC)NC1CCN(c2ncccc2F)C1.I. The minimum atomic E-state index is -3.16. The Balaban J connectivity index is 0.00000392. The van der Waals surface area contributed by atoms with Crippen molar-refractivity contribution in [2.45, 2.75) is 32.7 Å². The molecule has 1 atom stereocenters. The van der Waals surface area contributed by atoms with Gasteiger partial charge in [0.15, 0.2) is 17.6 Å². The second-order valence-electron chi connectivity index (χ2n) is 6.30. The normalized spacial score (nSPS) is 17.3. The molecule has 2 rings (SSSR count). The molecule has 11 heteroatoms. The van der Waals surface area contributed by atoms with Gasteiger partial charge in [0.2, 0.25) is 10.0 Å². The smallest absolute Gasteiger partial charge is 0.211 e. The van der Waals surface area contributed by atoms with Gasteiger partial charge in [0.25, 0.3) is 0 Å². The Bertz CT molecular complexity index is 734. The van der Waals surface area contributed by atoms with Crippen LogP contribution in [0.5, 0.6) is 0 Å². The number of aromatic nitrogens is 1. The molecule has 0 spiro atoms. The van der Waals surface area contributed by atoms with E-state index in [1.54, 1.807) is 19.2 Å². The summed E-state index contributed by atoms with van der Waals surface area (Å²) in [4.78, 5) is 10.5. The lowest BCUT2D eigenvalue weighted by Crippen LogP contribution is -2.44. The number of rotatable bonds is 9. The van der Waals surface area contributed by atoms with Crippen LogP contribution < -0.4 is 20.3 Å². The van der Waals surface area contributed by atoms with E-state index >= 15 is 0 Å². The summed E-state index contributed by atoms with van der Waals surface area (Å²) in [6.45, 7) is 6.56. The molecule has 1 aliphatic rings. The third-order valence-electron chi connectivity index (χ3n) is 4.22. The topological polar surface area (TPSA) is 98.7 Å². The van der Waals surface area contributed by atoms with Crippen LogP contribution in [0, 0.1) is 5.82 Å². The van der Waals surface area contributed by atoms with Gasteiger partial charge in [-0.2, -0.15) is 0 Å². The van der Waals surface area contributed by atoms with E-state index < -0.39 is 10.0 Å². The van der Waals surface area contributed by atoms with Gasteiger partial charge in [0.05, 0.1) is 5.75 Å². The number of nitrogens with one attached hydrogen (secondary N) is 3. The highest BCUT2D eigenvalue weighted by molar-refractivity contribution is 14.0. The number of guanidine groups is 1. The molecule has 1 aromatic heterocycles. The maximum Gasteiger partial charge on any atom is 0.211 e. The summed E-state index contributed by atoms with van der Waals surface area (Å²) in [6, 6.07) is 3.14. The average Bonchev–Trinajstić information content (AvgIpc) is 3.10. The van der Waals surface area contributed by atoms with Crippen LogP contribution in [0.3, 0.4) is 0 Å². The third kappa shape index (κ3) is 8.03. The standard InChI is InChI=1S/C17H29FN6O2S.HI/c1-3-19-17(21-10-6-11-22-27(25,26)4-2)23-14-8-12-24(13-14)16-15(18)7-5-9-20-16;/h5,7,9,14,22H,3-4,6,8,10-13H2,1-2H3,(H2,19,21,23);1H. The second-order valence-corrected chi connectivity index (χ2v) is 8.39. The first-order valence-corrected chi connectivity index (χ1v) is 11.0. The Morgan fingerprint density at radius 2 is 2.21 bits per heavy atom. The molecule has 0 bridgehead atoms. The van der Waals surface area contributed by atoms with Crippen molar-refractivity contribution < 1.29 is 12.8 Å². The second kappa shape index (κ2) is 12.4. The van der Waals surface area contributed by atoms with Crippen molar-refractivity contribution in [1.82, 2.24) is 20.3 Å². The predicted molar refractivity (Wildman–Crippen MR) is 121 cm³/mol. The van der Waals surface area contributed by atoms with Gasteiger partial charge in [-0.3, -0.25) is 4.99 Å². The highest BCUT2D eigenvalue weighted by Crippen LogP contribution is 2.20. The molecule has 1 aliphatic heterocycles. The quantitative estimate of drug-likeness (QED) is 0.194. The maximum absolute atomic E-state index is 13.9. The van der Waals surface area contributed by atoms with E-state index in [1.807, 2.05) is 11.8 Å². The molecule has 1 fully saturated rings. The molecule has 0 aromatic carbocycles. The molecule has 1 aromatic rings. The minimum absolute atomic E-state index is 0. The fourth-order valence-electron chi connectivity index (χ4n) is 2.79. The van der Waals surface area contributed by atoms with Crippen molar-refractivity contribution in [3.63, 3.8) is 0 Å². The van der Waals surface area contributed by atoms with Gasteiger partial charge in [-0.25, -0.2) is 22.5 Å². The molecule has 3 N–H and O–H groups in total. The first-order chi connectivity index (χ1) is 12.9. The molecular weight excluding hydrogens is 498 g/mol. The van der Waals surface area contributed by atoms with Gasteiger partial charge in [-0.15, -0.1) is 24.0 Å². The van der Waals surface area contributed by atoms with Crippen LogP contribution in [-0.4, -0.2) is 63.9 Å². The van der Waals surface area contributed by atoms with Crippen molar-refractivity contribution in [1.29, 1.82) is 0 Å². The summed E-state index contributed by atoms with van der Waals surface area (Å²) >= 11 is 0. The number of hydrogen-bond acceptors (Lipinski definition) is 5.